The van der Waals surface area contributed by atoms with E-state index in [0.29, 0.717) is 10.6 Å². The Bertz CT molecular complexity index is 578. The van der Waals surface area contributed by atoms with Gasteiger partial charge in [0.25, 0.3) is 0 Å². The van der Waals surface area contributed by atoms with Gasteiger partial charge in [-0.3, -0.25) is 0 Å². The molecule has 17 heavy (non-hydrogen) atoms. The molecule has 0 aromatic carbocycles. The minimum atomic E-state index is 0.643. The van der Waals surface area contributed by atoms with Gasteiger partial charge in [-0.1, -0.05) is 13.3 Å². The van der Waals surface area contributed by atoms with Crippen LogP contribution in [0.2, 0.25) is 0 Å². The number of thiophene rings is 2. The maximum absolute atomic E-state index is 9.06. The van der Waals surface area contributed by atoms with Gasteiger partial charge in [-0.2, -0.15) is 5.26 Å². The lowest BCUT2D eigenvalue weighted by atomic mass is 10.1. The van der Waals surface area contributed by atoms with Crippen molar-refractivity contribution in [3.63, 3.8) is 0 Å². The summed E-state index contributed by atoms with van der Waals surface area (Å²) in [6.45, 7) is 2.13. The highest BCUT2D eigenvalue weighted by Crippen LogP contribution is 2.40. The van der Waals surface area contributed by atoms with Crippen molar-refractivity contribution in [1.82, 2.24) is 0 Å². The zero-order chi connectivity index (χ0) is 12.4. The van der Waals surface area contributed by atoms with Crippen LogP contribution < -0.4 is 5.73 Å². The van der Waals surface area contributed by atoms with Gasteiger partial charge in [0.15, 0.2) is 0 Å². The van der Waals surface area contributed by atoms with Crippen LogP contribution in [0.3, 0.4) is 0 Å². The Kier molecular flexibility index (Phi) is 4.07. The van der Waals surface area contributed by atoms with E-state index in [1.54, 1.807) is 11.3 Å². The van der Waals surface area contributed by atoms with Crippen molar-refractivity contribution in [2.45, 2.75) is 19.8 Å². The third kappa shape index (κ3) is 2.49. The fourth-order valence-electron chi connectivity index (χ4n) is 1.72. The van der Waals surface area contributed by atoms with E-state index >= 15 is 0 Å². The molecule has 0 aliphatic carbocycles. The average molecular weight is 374 g/mol. The van der Waals surface area contributed by atoms with Crippen LogP contribution in [0.1, 0.15) is 23.8 Å². The van der Waals surface area contributed by atoms with Gasteiger partial charge in [0.1, 0.15) is 10.9 Å². The topological polar surface area (TPSA) is 49.8 Å². The summed E-state index contributed by atoms with van der Waals surface area (Å²) < 4.78 is 1.26. The summed E-state index contributed by atoms with van der Waals surface area (Å²) in [7, 11) is 0. The first kappa shape index (κ1) is 12.9. The Labute approximate surface area is 122 Å². The Balaban J connectivity index is 2.57. The first-order valence-corrected chi connectivity index (χ1v) is 8.00. The molecule has 2 aromatic rings. The van der Waals surface area contributed by atoms with E-state index in [1.807, 2.05) is 0 Å². The van der Waals surface area contributed by atoms with E-state index in [-0.39, 0.29) is 0 Å². The molecule has 0 aliphatic heterocycles. The SMILES string of the molecule is CCCc1c(-c2csc(I)c2)sc(C#N)c1N. The predicted molar refractivity (Wildman–Crippen MR) is 83.5 cm³/mol. The first-order valence-electron chi connectivity index (χ1n) is 5.23. The lowest BCUT2D eigenvalue weighted by Gasteiger charge is -2.01. The van der Waals surface area contributed by atoms with Crippen LogP contribution in [-0.4, -0.2) is 0 Å². The van der Waals surface area contributed by atoms with Gasteiger partial charge >= 0.3 is 0 Å². The minimum Gasteiger partial charge on any atom is -0.397 e. The fourth-order valence-corrected chi connectivity index (χ4v) is 4.19. The van der Waals surface area contributed by atoms with Crippen molar-refractivity contribution in [2.24, 2.45) is 0 Å². The molecule has 0 amide bonds. The number of hydrogen-bond acceptors (Lipinski definition) is 4. The molecule has 0 aliphatic rings. The molecule has 0 unspecified atom stereocenters. The highest BCUT2D eigenvalue weighted by Gasteiger charge is 2.17. The number of nitrogens with two attached hydrogens (primary N) is 1. The Morgan fingerprint density at radius 2 is 2.29 bits per heavy atom. The second-order valence-electron chi connectivity index (χ2n) is 3.65. The normalized spacial score (nSPS) is 10.4. The predicted octanol–water partition coefficient (Wildman–Crippen LogP) is 4.49. The maximum atomic E-state index is 9.06. The van der Waals surface area contributed by atoms with Gasteiger partial charge in [-0.25, -0.2) is 0 Å². The number of nitrogen functional groups attached to an aromatic ring is 1. The summed E-state index contributed by atoms with van der Waals surface area (Å²) in [5, 5.41) is 11.2. The molecule has 2 nitrogen and oxygen atoms in total. The van der Waals surface area contributed by atoms with Crippen LogP contribution in [0.4, 0.5) is 5.69 Å². The molecule has 0 bridgehead atoms. The van der Waals surface area contributed by atoms with Gasteiger partial charge in [0.05, 0.1) is 8.57 Å². The molecule has 0 radical (unpaired) electrons. The van der Waals surface area contributed by atoms with E-state index in [2.05, 4.69) is 47.0 Å². The largest absolute Gasteiger partial charge is 0.397 e. The van der Waals surface area contributed by atoms with Crippen LogP contribution in [0, 0.1) is 14.2 Å². The standard InChI is InChI=1S/C12H11IN2S2/c1-2-3-8-11(15)9(5-14)17-12(8)7-4-10(13)16-6-7/h4,6H,2-3,15H2,1H3. The highest BCUT2D eigenvalue weighted by atomic mass is 127. The summed E-state index contributed by atoms with van der Waals surface area (Å²) >= 11 is 5.54. The van der Waals surface area contributed by atoms with Gasteiger partial charge in [0, 0.05) is 15.8 Å². The Morgan fingerprint density at radius 1 is 1.53 bits per heavy atom. The molecule has 0 saturated heterocycles. The first-order chi connectivity index (χ1) is 8.17. The third-order valence-corrected chi connectivity index (χ3v) is 5.47. The van der Waals surface area contributed by atoms with Gasteiger partial charge in [-0.05, 0) is 40.6 Å². The van der Waals surface area contributed by atoms with E-state index < -0.39 is 0 Å². The van der Waals surface area contributed by atoms with Gasteiger partial charge in [0.2, 0.25) is 0 Å². The van der Waals surface area contributed by atoms with Crippen molar-refractivity contribution in [3.8, 4) is 16.5 Å². The van der Waals surface area contributed by atoms with Crippen LogP contribution in [0.15, 0.2) is 11.4 Å². The number of rotatable bonds is 3. The maximum Gasteiger partial charge on any atom is 0.128 e. The zero-order valence-corrected chi connectivity index (χ0v) is 13.1. The molecule has 5 heteroatoms. The Hall–Kier alpha value is -0.580. The number of halogens is 1. The summed E-state index contributed by atoms with van der Waals surface area (Å²) in [4.78, 5) is 1.81. The van der Waals surface area contributed by atoms with E-state index in [9.17, 15) is 0 Å². The highest BCUT2D eigenvalue weighted by molar-refractivity contribution is 14.1. The van der Waals surface area contributed by atoms with Crippen LogP contribution >= 0.6 is 45.3 Å². The van der Waals surface area contributed by atoms with Gasteiger partial charge in [-0.15, -0.1) is 22.7 Å². The number of nitrogens with zero attached hydrogens (tertiary/aromatic N) is 1. The molecule has 0 saturated carbocycles. The molecular formula is C12H11IN2S2. The zero-order valence-electron chi connectivity index (χ0n) is 9.29. The monoisotopic (exact) mass is 374 g/mol. The van der Waals surface area contributed by atoms with Crippen LogP contribution in [-0.2, 0) is 6.42 Å². The molecule has 0 spiro atoms. The summed E-state index contributed by atoms with van der Waals surface area (Å²) in [6.07, 6.45) is 1.98. The van der Waals surface area contributed by atoms with Crippen LogP contribution in [0.25, 0.3) is 10.4 Å². The summed E-state index contributed by atoms with van der Waals surface area (Å²) in [6, 6.07) is 4.34. The number of anilines is 1. The van der Waals surface area contributed by atoms with Crippen molar-refractivity contribution < 1.29 is 0 Å². The van der Waals surface area contributed by atoms with Crippen molar-refractivity contribution >= 4 is 51.0 Å². The smallest absolute Gasteiger partial charge is 0.128 e. The van der Waals surface area contributed by atoms with Crippen molar-refractivity contribution in [1.29, 1.82) is 5.26 Å². The lowest BCUT2D eigenvalue weighted by Crippen LogP contribution is -1.92. The second-order valence-corrected chi connectivity index (χ2v) is 7.48. The molecule has 2 aromatic heterocycles. The Morgan fingerprint density at radius 3 is 2.82 bits per heavy atom. The molecular weight excluding hydrogens is 363 g/mol. The van der Waals surface area contributed by atoms with Crippen LogP contribution in [0.5, 0.6) is 0 Å². The minimum absolute atomic E-state index is 0.643. The summed E-state index contributed by atoms with van der Waals surface area (Å²) in [5.74, 6) is 0. The van der Waals surface area contributed by atoms with Crippen molar-refractivity contribution in [2.75, 3.05) is 5.73 Å². The average Bonchev–Trinajstić information content (AvgIpc) is 2.85. The summed E-state index contributed by atoms with van der Waals surface area (Å²) in [5.41, 5.74) is 9.05. The molecule has 88 valence electrons. The fraction of sp³-hybridized carbons (Fsp3) is 0.250. The quantitative estimate of drug-likeness (QED) is 0.805. The molecule has 2 rings (SSSR count). The number of nitriles is 1. The second kappa shape index (κ2) is 5.38. The molecule has 2 N–H and O–H groups in total. The van der Waals surface area contributed by atoms with E-state index in [0.717, 1.165) is 18.4 Å². The molecule has 0 fully saturated rings. The molecule has 2 heterocycles. The van der Waals surface area contributed by atoms with Gasteiger partial charge < -0.3 is 5.73 Å². The van der Waals surface area contributed by atoms with Crippen molar-refractivity contribution in [3.05, 3.63) is 24.8 Å². The molecule has 0 atom stereocenters. The lowest BCUT2D eigenvalue weighted by molar-refractivity contribution is 0.930. The van der Waals surface area contributed by atoms with E-state index in [4.69, 9.17) is 11.0 Å². The van der Waals surface area contributed by atoms with E-state index in [1.165, 1.54) is 24.7 Å². The number of hydrogen-bond donors (Lipinski definition) is 1. The third-order valence-electron chi connectivity index (χ3n) is 2.48.